The lowest BCUT2D eigenvalue weighted by molar-refractivity contribution is -0.175. The average molecular weight is 280 g/mol. The fraction of sp³-hybridized carbons (Fsp3) is 1.00. The molecule has 106 valence electrons. The molecule has 1 aliphatic carbocycles. The van der Waals surface area contributed by atoms with Gasteiger partial charge in [-0.05, 0) is 38.5 Å². The molecule has 2 aliphatic rings. The molecule has 0 aromatic heterocycles. The summed E-state index contributed by atoms with van der Waals surface area (Å²) in [7, 11) is -4.08. The van der Waals surface area contributed by atoms with Crippen LogP contribution in [0.15, 0.2) is 0 Å². The smallest absolute Gasteiger partial charge is 0.270 e. The molecule has 0 radical (unpaired) electrons. The van der Waals surface area contributed by atoms with Gasteiger partial charge in [-0.3, -0.25) is 4.55 Å². The van der Waals surface area contributed by atoms with E-state index in [0.29, 0.717) is 19.4 Å². The van der Waals surface area contributed by atoms with Crippen molar-refractivity contribution in [3.8, 4) is 0 Å². The van der Waals surface area contributed by atoms with Crippen molar-refractivity contribution in [2.45, 2.75) is 55.7 Å². The SMILES string of the molecule is O=S(=O)(O)C1(C[C@@H](O)COC2CCCCO2)CC1. The zero-order chi connectivity index (χ0) is 13.2. The molecule has 0 spiro atoms. The molecule has 7 heteroatoms. The lowest BCUT2D eigenvalue weighted by Gasteiger charge is -2.24. The Labute approximate surface area is 107 Å². The number of ether oxygens (including phenoxy) is 2. The summed E-state index contributed by atoms with van der Waals surface area (Å²) in [6, 6.07) is 0. The quantitative estimate of drug-likeness (QED) is 0.696. The molecular formula is C11H20O6S. The lowest BCUT2D eigenvalue weighted by Crippen LogP contribution is -2.32. The fourth-order valence-corrected chi connectivity index (χ4v) is 3.28. The van der Waals surface area contributed by atoms with Crippen LogP contribution < -0.4 is 0 Å². The molecule has 2 atom stereocenters. The summed E-state index contributed by atoms with van der Waals surface area (Å²) in [6.45, 7) is 0.706. The van der Waals surface area contributed by atoms with Gasteiger partial charge in [0, 0.05) is 6.61 Å². The van der Waals surface area contributed by atoms with E-state index >= 15 is 0 Å². The van der Waals surface area contributed by atoms with E-state index in [2.05, 4.69) is 0 Å². The van der Waals surface area contributed by atoms with Crippen molar-refractivity contribution in [1.82, 2.24) is 0 Å². The van der Waals surface area contributed by atoms with Gasteiger partial charge in [0.05, 0.1) is 12.7 Å². The van der Waals surface area contributed by atoms with Crippen molar-refractivity contribution in [2.75, 3.05) is 13.2 Å². The van der Waals surface area contributed by atoms with Crippen molar-refractivity contribution in [3.63, 3.8) is 0 Å². The van der Waals surface area contributed by atoms with Crippen LogP contribution in [0.3, 0.4) is 0 Å². The van der Waals surface area contributed by atoms with Crippen LogP contribution in [0.5, 0.6) is 0 Å². The molecule has 0 aromatic rings. The van der Waals surface area contributed by atoms with Gasteiger partial charge in [-0.2, -0.15) is 8.42 Å². The Morgan fingerprint density at radius 2 is 2.11 bits per heavy atom. The van der Waals surface area contributed by atoms with Crippen LogP contribution in [-0.2, 0) is 19.6 Å². The maximum atomic E-state index is 11.1. The second-order valence-corrected chi connectivity index (χ2v) is 6.96. The summed E-state index contributed by atoms with van der Waals surface area (Å²) in [4.78, 5) is 0. The maximum Gasteiger partial charge on any atom is 0.270 e. The van der Waals surface area contributed by atoms with Crippen LogP contribution >= 0.6 is 0 Å². The van der Waals surface area contributed by atoms with E-state index in [0.717, 1.165) is 19.3 Å². The third-order valence-electron chi connectivity index (χ3n) is 3.57. The molecule has 2 N–H and O–H groups in total. The number of rotatable bonds is 6. The zero-order valence-electron chi connectivity index (χ0n) is 10.2. The van der Waals surface area contributed by atoms with E-state index in [-0.39, 0.29) is 19.3 Å². The summed E-state index contributed by atoms with van der Waals surface area (Å²) < 4.78 is 40.9. The molecule has 2 rings (SSSR count). The van der Waals surface area contributed by atoms with E-state index in [4.69, 9.17) is 14.0 Å². The second kappa shape index (κ2) is 5.42. The van der Waals surface area contributed by atoms with Crippen molar-refractivity contribution in [3.05, 3.63) is 0 Å². The van der Waals surface area contributed by atoms with Crippen LogP contribution in [0.4, 0.5) is 0 Å². The van der Waals surface area contributed by atoms with Crippen molar-refractivity contribution in [2.24, 2.45) is 0 Å². The monoisotopic (exact) mass is 280 g/mol. The molecule has 1 saturated heterocycles. The topological polar surface area (TPSA) is 93.1 Å². The largest absolute Gasteiger partial charge is 0.391 e. The standard InChI is InChI=1S/C11H20O6S/c12-9(7-11(4-5-11)18(13,14)15)8-17-10-3-1-2-6-16-10/h9-10,12H,1-8H2,(H,13,14,15)/t9-,10?/m1/s1. The lowest BCUT2D eigenvalue weighted by atomic mass is 10.2. The Morgan fingerprint density at radius 3 is 2.61 bits per heavy atom. The molecule has 1 unspecified atom stereocenters. The normalized spacial score (nSPS) is 28.9. The molecule has 1 saturated carbocycles. The van der Waals surface area contributed by atoms with Gasteiger partial charge in [-0.25, -0.2) is 0 Å². The molecule has 6 nitrogen and oxygen atoms in total. The van der Waals surface area contributed by atoms with E-state index < -0.39 is 21.0 Å². The van der Waals surface area contributed by atoms with E-state index in [1.165, 1.54) is 0 Å². The van der Waals surface area contributed by atoms with Gasteiger partial charge in [0.2, 0.25) is 0 Å². The summed E-state index contributed by atoms with van der Waals surface area (Å²) in [6.07, 6.45) is 2.51. The summed E-state index contributed by atoms with van der Waals surface area (Å²) in [5.74, 6) is 0. The van der Waals surface area contributed by atoms with Gasteiger partial charge in [-0.1, -0.05) is 0 Å². The van der Waals surface area contributed by atoms with E-state index in [1.54, 1.807) is 0 Å². The zero-order valence-corrected chi connectivity index (χ0v) is 11.1. The predicted molar refractivity (Wildman–Crippen MR) is 63.7 cm³/mol. The fourth-order valence-electron chi connectivity index (χ4n) is 2.26. The number of hydrogen-bond donors (Lipinski definition) is 2. The summed E-state index contributed by atoms with van der Waals surface area (Å²) in [5, 5.41) is 9.76. The van der Waals surface area contributed by atoms with Gasteiger partial charge < -0.3 is 14.6 Å². The Balaban J connectivity index is 1.74. The van der Waals surface area contributed by atoms with Gasteiger partial charge in [0.15, 0.2) is 6.29 Å². The third-order valence-corrected chi connectivity index (χ3v) is 5.24. The van der Waals surface area contributed by atoms with Crippen LogP contribution in [-0.4, -0.2) is 48.4 Å². The van der Waals surface area contributed by atoms with Gasteiger partial charge in [-0.15, -0.1) is 0 Å². The molecule has 0 aromatic carbocycles. The summed E-state index contributed by atoms with van der Waals surface area (Å²) >= 11 is 0. The number of aliphatic hydroxyl groups excluding tert-OH is 1. The Hall–Kier alpha value is -0.210. The highest BCUT2D eigenvalue weighted by molar-refractivity contribution is 7.87. The molecule has 1 aliphatic heterocycles. The molecule has 1 heterocycles. The first-order chi connectivity index (χ1) is 8.43. The average Bonchev–Trinajstić information content (AvgIpc) is 3.08. The van der Waals surface area contributed by atoms with E-state index in [1.807, 2.05) is 0 Å². The molecule has 0 bridgehead atoms. The highest BCUT2D eigenvalue weighted by Crippen LogP contribution is 2.46. The minimum Gasteiger partial charge on any atom is -0.391 e. The Bertz CT molecular complexity index is 369. The van der Waals surface area contributed by atoms with Crippen LogP contribution in [0.25, 0.3) is 0 Å². The molecule has 2 fully saturated rings. The highest BCUT2D eigenvalue weighted by Gasteiger charge is 2.54. The summed E-state index contributed by atoms with van der Waals surface area (Å²) in [5.41, 5.74) is 0. The Morgan fingerprint density at radius 1 is 1.39 bits per heavy atom. The van der Waals surface area contributed by atoms with Gasteiger partial charge in [0.1, 0.15) is 4.75 Å². The second-order valence-electron chi connectivity index (χ2n) is 5.15. The predicted octanol–water partition coefficient (Wildman–Crippen LogP) is 0.701. The number of hydrogen-bond acceptors (Lipinski definition) is 5. The molecule has 18 heavy (non-hydrogen) atoms. The highest BCUT2D eigenvalue weighted by atomic mass is 32.2. The number of aliphatic hydroxyl groups is 1. The minimum absolute atomic E-state index is 0.0263. The van der Waals surface area contributed by atoms with Crippen molar-refractivity contribution < 1.29 is 27.6 Å². The third kappa shape index (κ3) is 3.42. The maximum absolute atomic E-state index is 11.1. The first kappa shape index (κ1) is 14.2. The van der Waals surface area contributed by atoms with Gasteiger partial charge >= 0.3 is 0 Å². The van der Waals surface area contributed by atoms with E-state index in [9.17, 15) is 13.5 Å². The first-order valence-corrected chi connectivity index (χ1v) is 7.75. The van der Waals surface area contributed by atoms with Crippen LogP contribution in [0, 0.1) is 0 Å². The Kier molecular flexibility index (Phi) is 4.28. The van der Waals surface area contributed by atoms with Crippen molar-refractivity contribution in [1.29, 1.82) is 0 Å². The first-order valence-electron chi connectivity index (χ1n) is 6.31. The van der Waals surface area contributed by atoms with Crippen LogP contribution in [0.1, 0.15) is 38.5 Å². The van der Waals surface area contributed by atoms with Crippen LogP contribution in [0.2, 0.25) is 0 Å². The van der Waals surface area contributed by atoms with Crippen molar-refractivity contribution >= 4 is 10.1 Å². The minimum atomic E-state index is -4.08. The molecule has 0 amide bonds. The van der Waals surface area contributed by atoms with Gasteiger partial charge in [0.25, 0.3) is 10.1 Å². The molecular weight excluding hydrogens is 260 g/mol.